The molecule has 0 unspecified atom stereocenters. The minimum absolute atomic E-state index is 0.00167. The van der Waals surface area contributed by atoms with Crippen LogP contribution >= 0.6 is 0 Å². The summed E-state index contributed by atoms with van der Waals surface area (Å²) < 4.78 is 35.5. The van der Waals surface area contributed by atoms with Crippen LogP contribution in [0.3, 0.4) is 0 Å². The standard InChI is InChI=1S/C9H9F3OSi/c10-9(11,12)6-5-7-1-3-8(14-13)4-2-7/h1-4,13H,5-6H2. The summed E-state index contributed by atoms with van der Waals surface area (Å²) in [6.07, 6.45) is -4.90. The minimum Gasteiger partial charge on any atom is -0.428 e. The van der Waals surface area contributed by atoms with E-state index >= 15 is 0 Å². The third-order valence-electron chi connectivity index (χ3n) is 1.78. The van der Waals surface area contributed by atoms with Gasteiger partial charge in [-0.2, -0.15) is 13.2 Å². The van der Waals surface area contributed by atoms with Crippen LogP contribution in [0.2, 0.25) is 0 Å². The first-order valence-corrected chi connectivity index (χ1v) is 5.02. The zero-order valence-electron chi connectivity index (χ0n) is 7.30. The van der Waals surface area contributed by atoms with E-state index in [0.717, 1.165) is 5.19 Å². The second-order valence-electron chi connectivity index (χ2n) is 2.92. The van der Waals surface area contributed by atoms with E-state index in [1.165, 1.54) is 0 Å². The predicted octanol–water partition coefficient (Wildman–Crippen LogP) is 1.42. The highest BCUT2D eigenvalue weighted by Crippen LogP contribution is 2.21. The lowest BCUT2D eigenvalue weighted by Crippen LogP contribution is -2.13. The third-order valence-corrected chi connectivity index (χ3v) is 2.37. The zero-order chi connectivity index (χ0) is 10.6. The smallest absolute Gasteiger partial charge is 0.389 e. The van der Waals surface area contributed by atoms with Gasteiger partial charge in [0.05, 0.1) is 0 Å². The lowest BCUT2D eigenvalue weighted by atomic mass is 10.1. The zero-order valence-corrected chi connectivity index (χ0v) is 8.30. The van der Waals surface area contributed by atoms with Crippen molar-refractivity contribution in [1.29, 1.82) is 0 Å². The van der Waals surface area contributed by atoms with Crippen molar-refractivity contribution in [2.45, 2.75) is 19.0 Å². The number of aryl methyl sites for hydroxylation is 1. The van der Waals surface area contributed by atoms with Crippen LogP contribution in [0.5, 0.6) is 0 Å². The highest BCUT2D eigenvalue weighted by molar-refractivity contribution is 6.45. The van der Waals surface area contributed by atoms with E-state index in [-0.39, 0.29) is 16.2 Å². The fraction of sp³-hybridized carbons (Fsp3) is 0.333. The summed E-state index contributed by atoms with van der Waals surface area (Å²) in [5.41, 5.74) is 0.643. The fourth-order valence-electron chi connectivity index (χ4n) is 1.03. The third kappa shape index (κ3) is 3.93. The van der Waals surface area contributed by atoms with Gasteiger partial charge in [-0.25, -0.2) is 0 Å². The molecule has 0 saturated carbocycles. The van der Waals surface area contributed by atoms with Gasteiger partial charge in [0.1, 0.15) is 0 Å². The van der Waals surface area contributed by atoms with E-state index in [4.69, 9.17) is 4.80 Å². The largest absolute Gasteiger partial charge is 0.428 e. The van der Waals surface area contributed by atoms with Crippen molar-refractivity contribution < 1.29 is 18.0 Å². The fourth-order valence-corrected chi connectivity index (χ4v) is 1.35. The molecule has 1 nitrogen and oxygen atoms in total. The molecule has 1 aromatic carbocycles. The highest BCUT2D eigenvalue weighted by Gasteiger charge is 2.26. The molecule has 1 aromatic rings. The quantitative estimate of drug-likeness (QED) is 0.761. The molecule has 5 heteroatoms. The molecule has 0 aliphatic rings. The Morgan fingerprint density at radius 2 is 1.71 bits per heavy atom. The lowest BCUT2D eigenvalue weighted by Gasteiger charge is -2.05. The molecule has 1 rings (SSSR count). The van der Waals surface area contributed by atoms with Crippen molar-refractivity contribution in [1.82, 2.24) is 0 Å². The molecule has 2 radical (unpaired) electrons. The van der Waals surface area contributed by atoms with Gasteiger partial charge in [0, 0.05) is 6.42 Å². The molecule has 76 valence electrons. The number of hydrogen-bond acceptors (Lipinski definition) is 1. The van der Waals surface area contributed by atoms with E-state index in [2.05, 4.69) is 0 Å². The maximum absolute atomic E-state index is 11.8. The van der Waals surface area contributed by atoms with Gasteiger partial charge in [-0.05, 0) is 17.2 Å². The van der Waals surface area contributed by atoms with E-state index in [9.17, 15) is 13.2 Å². The number of hydrogen-bond donors (Lipinski definition) is 1. The van der Waals surface area contributed by atoms with E-state index in [1.807, 2.05) is 0 Å². The van der Waals surface area contributed by atoms with Gasteiger partial charge in [0.25, 0.3) is 9.76 Å². The summed E-state index contributed by atoms with van der Waals surface area (Å²) >= 11 is 0. The molecular formula is C9H9F3OSi. The topological polar surface area (TPSA) is 20.2 Å². The summed E-state index contributed by atoms with van der Waals surface area (Å²) in [4.78, 5) is 8.74. The van der Waals surface area contributed by atoms with Crippen LogP contribution in [0.25, 0.3) is 0 Å². The summed E-state index contributed by atoms with van der Waals surface area (Å²) in [6, 6.07) is 6.52. The van der Waals surface area contributed by atoms with Gasteiger partial charge in [0.15, 0.2) is 0 Å². The Morgan fingerprint density at radius 1 is 1.14 bits per heavy atom. The second kappa shape index (κ2) is 4.61. The van der Waals surface area contributed by atoms with Crippen molar-refractivity contribution in [3.8, 4) is 0 Å². The summed E-state index contributed by atoms with van der Waals surface area (Å²) in [6.45, 7) is 0. The molecule has 0 aliphatic carbocycles. The molecule has 0 spiro atoms. The SMILES string of the molecule is O[Si]c1ccc(CCC(F)(F)F)cc1. The van der Waals surface area contributed by atoms with Crippen molar-refractivity contribution in [3.05, 3.63) is 29.8 Å². The maximum atomic E-state index is 11.8. The molecule has 0 amide bonds. The Kier molecular flexibility index (Phi) is 3.71. The number of rotatable bonds is 3. The molecular weight excluding hydrogens is 209 g/mol. The molecule has 0 saturated heterocycles. The lowest BCUT2D eigenvalue weighted by molar-refractivity contribution is -0.133. The average Bonchev–Trinajstić information content (AvgIpc) is 2.14. The minimum atomic E-state index is -4.10. The van der Waals surface area contributed by atoms with Crippen LogP contribution in [-0.4, -0.2) is 20.7 Å². The molecule has 0 aliphatic heterocycles. The van der Waals surface area contributed by atoms with Crippen LogP contribution in [-0.2, 0) is 6.42 Å². The monoisotopic (exact) mass is 218 g/mol. The Bertz CT molecular complexity index is 281. The Labute approximate surface area is 82.5 Å². The number of benzene rings is 1. The van der Waals surface area contributed by atoms with Gasteiger partial charge in [-0.3, -0.25) is 0 Å². The molecule has 0 atom stereocenters. The van der Waals surface area contributed by atoms with E-state index in [1.54, 1.807) is 24.3 Å². The molecule has 0 fully saturated rings. The molecule has 14 heavy (non-hydrogen) atoms. The Morgan fingerprint density at radius 3 is 2.14 bits per heavy atom. The van der Waals surface area contributed by atoms with Crippen LogP contribution in [0.15, 0.2) is 24.3 Å². The van der Waals surface area contributed by atoms with Crippen LogP contribution in [0, 0.1) is 0 Å². The highest BCUT2D eigenvalue weighted by atomic mass is 28.2. The van der Waals surface area contributed by atoms with Crippen LogP contribution in [0.4, 0.5) is 13.2 Å². The Hall–Kier alpha value is -0.813. The molecule has 0 aromatic heterocycles. The summed E-state index contributed by atoms with van der Waals surface area (Å²) in [5, 5.41) is 0.737. The van der Waals surface area contributed by atoms with Crippen LogP contribution in [0.1, 0.15) is 12.0 Å². The first-order valence-electron chi connectivity index (χ1n) is 4.07. The van der Waals surface area contributed by atoms with E-state index in [0.29, 0.717) is 5.56 Å². The average molecular weight is 218 g/mol. The predicted molar refractivity (Wildman–Crippen MR) is 48.4 cm³/mol. The van der Waals surface area contributed by atoms with E-state index < -0.39 is 12.6 Å². The maximum Gasteiger partial charge on any atom is 0.389 e. The molecule has 0 bridgehead atoms. The number of alkyl halides is 3. The normalized spacial score (nSPS) is 11.7. The molecule has 0 heterocycles. The van der Waals surface area contributed by atoms with Crippen molar-refractivity contribution in [3.63, 3.8) is 0 Å². The van der Waals surface area contributed by atoms with Crippen LogP contribution < -0.4 is 5.19 Å². The first-order chi connectivity index (χ1) is 6.51. The second-order valence-corrected chi connectivity index (χ2v) is 3.72. The van der Waals surface area contributed by atoms with Gasteiger partial charge in [-0.1, -0.05) is 24.3 Å². The molecule has 1 N–H and O–H groups in total. The summed E-state index contributed by atoms with van der Waals surface area (Å²) in [5.74, 6) is 0. The Balaban J connectivity index is 2.52. The van der Waals surface area contributed by atoms with Gasteiger partial charge in [-0.15, -0.1) is 0 Å². The van der Waals surface area contributed by atoms with Gasteiger partial charge >= 0.3 is 6.18 Å². The summed E-state index contributed by atoms with van der Waals surface area (Å²) in [7, 11) is -0.305. The van der Waals surface area contributed by atoms with Gasteiger partial charge in [0.2, 0.25) is 0 Å². The number of halogens is 3. The van der Waals surface area contributed by atoms with Crippen molar-refractivity contribution >= 4 is 14.9 Å². The van der Waals surface area contributed by atoms with Crippen molar-refractivity contribution in [2.75, 3.05) is 0 Å². The first kappa shape index (κ1) is 11.3. The van der Waals surface area contributed by atoms with Gasteiger partial charge < -0.3 is 4.80 Å². The van der Waals surface area contributed by atoms with Crippen molar-refractivity contribution in [2.24, 2.45) is 0 Å².